The number of fused-ring (bicyclic) bond motifs is 1. The van der Waals surface area contributed by atoms with Gasteiger partial charge in [0.15, 0.2) is 5.13 Å². The van der Waals surface area contributed by atoms with Crippen molar-refractivity contribution in [2.24, 2.45) is 0 Å². The molecule has 1 saturated heterocycles. The van der Waals surface area contributed by atoms with Gasteiger partial charge < -0.3 is 15.0 Å². The Morgan fingerprint density at radius 1 is 1.23 bits per heavy atom. The normalized spacial score (nSPS) is 16.8. The van der Waals surface area contributed by atoms with Crippen LogP contribution in [-0.2, 0) is 0 Å². The van der Waals surface area contributed by atoms with E-state index in [0.29, 0.717) is 22.8 Å². The monoisotopic (exact) mass is 457 g/mol. The number of anilines is 1. The average Bonchev–Trinajstić information content (AvgIpc) is 3.35. The lowest BCUT2D eigenvalue weighted by molar-refractivity contribution is -0.253. The first-order valence-electron chi connectivity index (χ1n) is 9.29. The van der Waals surface area contributed by atoms with Gasteiger partial charge in [0.2, 0.25) is 0 Å². The van der Waals surface area contributed by atoms with Crippen LogP contribution in [0.25, 0.3) is 10.2 Å². The van der Waals surface area contributed by atoms with E-state index in [4.69, 9.17) is 0 Å². The van der Waals surface area contributed by atoms with E-state index in [1.54, 1.807) is 12.1 Å². The number of carbonyl (C=O) groups is 1. The molecule has 0 bridgehead atoms. The fourth-order valence-corrected chi connectivity index (χ4v) is 4.26. The highest BCUT2D eigenvalue weighted by Gasteiger charge is 2.45. The molecule has 0 radical (unpaired) electrons. The Hall–Kier alpha value is -2.95. The van der Waals surface area contributed by atoms with Gasteiger partial charge in [-0.15, -0.1) is 0 Å². The van der Waals surface area contributed by atoms with Crippen LogP contribution in [0.3, 0.4) is 0 Å². The molecule has 0 spiro atoms. The zero-order valence-corrected chi connectivity index (χ0v) is 16.6. The predicted octanol–water partition coefficient (Wildman–Crippen LogP) is 5.00. The molecule has 2 aromatic carbocycles. The van der Waals surface area contributed by atoms with Crippen LogP contribution in [0.5, 0.6) is 5.75 Å². The molecule has 3 aromatic rings. The van der Waals surface area contributed by atoms with Crippen LogP contribution < -0.4 is 10.1 Å². The third-order valence-electron chi connectivity index (χ3n) is 4.79. The molecule has 1 fully saturated rings. The van der Waals surface area contributed by atoms with Crippen molar-refractivity contribution in [1.82, 2.24) is 9.88 Å². The maximum absolute atomic E-state index is 13.8. The Labute approximate surface area is 177 Å². The molecule has 31 heavy (non-hydrogen) atoms. The van der Waals surface area contributed by atoms with Crippen molar-refractivity contribution in [3.63, 3.8) is 0 Å². The maximum Gasteiger partial charge on any atom is 0.461 e. The summed E-state index contributed by atoms with van der Waals surface area (Å²) in [5.41, 5.74) is 0.0255. The Morgan fingerprint density at radius 3 is 2.74 bits per heavy atom. The molecule has 2 heterocycles. The van der Waals surface area contributed by atoms with E-state index in [1.165, 1.54) is 40.5 Å². The van der Waals surface area contributed by atoms with Gasteiger partial charge in [0, 0.05) is 19.1 Å². The Balaban J connectivity index is 1.46. The first-order valence-corrected chi connectivity index (χ1v) is 10.1. The van der Waals surface area contributed by atoms with Gasteiger partial charge in [0.25, 0.3) is 5.91 Å². The van der Waals surface area contributed by atoms with Gasteiger partial charge in [0.05, 0.1) is 10.3 Å². The van der Waals surface area contributed by atoms with Crippen molar-refractivity contribution in [2.45, 2.75) is 25.0 Å². The van der Waals surface area contributed by atoms with Crippen LogP contribution in [0, 0.1) is 5.82 Å². The zero-order chi connectivity index (χ0) is 22.2. The van der Waals surface area contributed by atoms with Crippen molar-refractivity contribution in [2.75, 3.05) is 18.4 Å². The SMILES string of the molecule is O=C(c1ccccc1OC(F)(F)C(F)F)N1CC[C@@H](Nc2nc3c(F)cccc3s2)C1. The van der Waals surface area contributed by atoms with Gasteiger partial charge in [0.1, 0.15) is 17.1 Å². The van der Waals surface area contributed by atoms with E-state index in [1.807, 2.05) is 0 Å². The number of para-hydroxylation sites is 2. The molecule has 1 aliphatic rings. The minimum atomic E-state index is -4.71. The van der Waals surface area contributed by atoms with Crippen LogP contribution in [-0.4, -0.2) is 47.5 Å². The van der Waals surface area contributed by atoms with Crippen LogP contribution in [0.15, 0.2) is 42.5 Å². The number of rotatable bonds is 6. The third-order valence-corrected chi connectivity index (χ3v) is 5.74. The number of nitrogens with zero attached hydrogens (tertiary/aromatic N) is 2. The Morgan fingerprint density at radius 2 is 2.00 bits per heavy atom. The summed E-state index contributed by atoms with van der Waals surface area (Å²) in [7, 11) is 0. The second kappa shape index (κ2) is 8.29. The molecular formula is C20H16F5N3O2S. The van der Waals surface area contributed by atoms with Crippen molar-refractivity contribution < 1.29 is 31.5 Å². The summed E-state index contributed by atoms with van der Waals surface area (Å²) in [5.74, 6) is -1.65. The lowest BCUT2D eigenvalue weighted by atomic mass is 10.1. The number of halogens is 5. The minimum absolute atomic E-state index is 0.192. The molecule has 1 N–H and O–H groups in total. The largest absolute Gasteiger partial charge is 0.461 e. The molecule has 11 heteroatoms. The molecule has 0 unspecified atom stereocenters. The molecule has 1 amide bonds. The van der Waals surface area contributed by atoms with Crippen molar-refractivity contribution in [3.8, 4) is 5.75 Å². The van der Waals surface area contributed by atoms with E-state index < -0.39 is 30.0 Å². The van der Waals surface area contributed by atoms with Crippen molar-refractivity contribution >= 4 is 32.6 Å². The average molecular weight is 457 g/mol. The Kier molecular flexibility index (Phi) is 5.69. The summed E-state index contributed by atoms with van der Waals surface area (Å²) in [6, 6.07) is 9.50. The van der Waals surface area contributed by atoms with Crippen LogP contribution in [0.4, 0.5) is 27.1 Å². The maximum atomic E-state index is 13.8. The number of carbonyl (C=O) groups excluding carboxylic acids is 1. The summed E-state index contributed by atoms with van der Waals surface area (Å²) in [6.07, 6.45) is -8.21. The van der Waals surface area contributed by atoms with Crippen LogP contribution >= 0.6 is 11.3 Å². The van der Waals surface area contributed by atoms with E-state index in [9.17, 15) is 26.7 Å². The number of thiazole rings is 1. The van der Waals surface area contributed by atoms with Gasteiger partial charge in [-0.3, -0.25) is 4.79 Å². The van der Waals surface area contributed by atoms with Gasteiger partial charge in [-0.05, 0) is 30.7 Å². The van der Waals surface area contributed by atoms with Crippen LogP contribution in [0.1, 0.15) is 16.8 Å². The summed E-state index contributed by atoms with van der Waals surface area (Å²) < 4.78 is 70.3. The molecule has 1 aliphatic heterocycles. The highest BCUT2D eigenvalue weighted by Crippen LogP contribution is 2.32. The molecule has 0 saturated carbocycles. The topological polar surface area (TPSA) is 54.5 Å². The lowest BCUT2D eigenvalue weighted by Gasteiger charge is -2.21. The summed E-state index contributed by atoms with van der Waals surface area (Å²) in [4.78, 5) is 18.5. The van der Waals surface area contributed by atoms with Crippen LogP contribution in [0.2, 0.25) is 0 Å². The fraction of sp³-hybridized carbons (Fsp3) is 0.300. The number of likely N-dealkylation sites (tertiary alicyclic amines) is 1. The smallest absolute Gasteiger partial charge is 0.427 e. The molecule has 5 nitrogen and oxygen atoms in total. The quantitative estimate of drug-likeness (QED) is 0.530. The number of ether oxygens (including phenoxy) is 1. The number of alkyl halides is 4. The van der Waals surface area contributed by atoms with Crippen molar-refractivity contribution in [1.29, 1.82) is 0 Å². The highest BCUT2D eigenvalue weighted by molar-refractivity contribution is 7.22. The minimum Gasteiger partial charge on any atom is -0.427 e. The molecule has 1 atom stereocenters. The molecule has 0 aliphatic carbocycles. The lowest BCUT2D eigenvalue weighted by Crippen LogP contribution is -2.35. The van der Waals surface area contributed by atoms with Crippen molar-refractivity contribution in [3.05, 3.63) is 53.8 Å². The van der Waals surface area contributed by atoms with E-state index >= 15 is 0 Å². The Bertz CT molecular complexity index is 1110. The van der Waals surface area contributed by atoms with Gasteiger partial charge in [-0.2, -0.15) is 17.6 Å². The second-order valence-corrected chi connectivity index (χ2v) is 7.98. The number of hydrogen-bond acceptors (Lipinski definition) is 5. The summed E-state index contributed by atoms with van der Waals surface area (Å²) >= 11 is 1.28. The number of aromatic nitrogens is 1. The summed E-state index contributed by atoms with van der Waals surface area (Å²) in [6.45, 7) is 0.548. The van der Waals surface area contributed by atoms with Gasteiger partial charge in [-0.25, -0.2) is 9.37 Å². The molecule has 164 valence electrons. The first kappa shape index (κ1) is 21.3. The van der Waals surface area contributed by atoms with Gasteiger partial charge in [-0.1, -0.05) is 29.5 Å². The highest BCUT2D eigenvalue weighted by atomic mass is 32.1. The number of hydrogen-bond donors (Lipinski definition) is 1. The number of nitrogens with one attached hydrogen (secondary N) is 1. The second-order valence-electron chi connectivity index (χ2n) is 6.95. The first-order chi connectivity index (χ1) is 14.7. The number of benzene rings is 2. The zero-order valence-electron chi connectivity index (χ0n) is 15.8. The van der Waals surface area contributed by atoms with E-state index in [0.717, 1.165) is 6.07 Å². The van der Waals surface area contributed by atoms with E-state index in [-0.39, 0.29) is 23.7 Å². The summed E-state index contributed by atoms with van der Waals surface area (Å²) in [5, 5.41) is 3.66. The fourth-order valence-electron chi connectivity index (χ4n) is 3.31. The molecular weight excluding hydrogens is 441 g/mol. The number of amides is 1. The van der Waals surface area contributed by atoms with E-state index in [2.05, 4.69) is 15.0 Å². The van der Waals surface area contributed by atoms with Gasteiger partial charge >= 0.3 is 12.5 Å². The third kappa shape index (κ3) is 4.41. The molecule has 4 rings (SSSR count). The standard InChI is InChI=1S/C20H16F5N3O2S/c21-13-5-3-7-15-16(13)27-19(31-15)26-11-8-9-28(10-11)17(29)12-4-1-2-6-14(12)30-20(24,25)18(22)23/h1-7,11,18H,8-10H2,(H,26,27)/t11-/m1/s1. The predicted molar refractivity (Wildman–Crippen MR) is 106 cm³/mol. The molecule has 1 aromatic heterocycles.